The monoisotopic (exact) mass is 415 g/mol. The molecule has 0 bridgehead atoms. The number of fused-ring (bicyclic) bond motifs is 1. The van der Waals surface area contributed by atoms with Gasteiger partial charge in [0, 0.05) is 25.2 Å². The summed E-state index contributed by atoms with van der Waals surface area (Å²) in [4.78, 5) is 12.5. The average molecular weight is 416 g/mol. The van der Waals surface area contributed by atoms with Gasteiger partial charge < -0.3 is 15.1 Å². The Labute approximate surface area is 170 Å². The molecule has 3 rings (SSSR count). The maximum atomic E-state index is 12.4. The number of sulfonamides is 1. The van der Waals surface area contributed by atoms with Gasteiger partial charge in [0.25, 0.3) is 0 Å². The highest BCUT2D eigenvalue weighted by Gasteiger charge is 2.20. The van der Waals surface area contributed by atoms with E-state index in [1.807, 2.05) is 37.3 Å². The third-order valence-electron chi connectivity index (χ3n) is 4.65. The molecule has 1 unspecified atom stereocenters. The predicted molar refractivity (Wildman–Crippen MR) is 113 cm³/mol. The van der Waals surface area contributed by atoms with Crippen molar-refractivity contribution in [3.8, 4) is 0 Å². The Hall–Kier alpha value is -2.84. The second-order valence-electron chi connectivity index (χ2n) is 7.10. The molecular weight excluding hydrogens is 390 g/mol. The second-order valence-corrected chi connectivity index (χ2v) is 9.22. The van der Waals surface area contributed by atoms with Crippen LogP contribution in [0.5, 0.6) is 0 Å². The largest absolute Gasteiger partial charge is 0.459 e. The molecule has 3 aromatic rings. The van der Waals surface area contributed by atoms with Gasteiger partial charge in [-0.05, 0) is 43.7 Å². The number of rotatable bonds is 7. The molecule has 29 heavy (non-hydrogen) atoms. The van der Waals surface area contributed by atoms with Crippen LogP contribution in [0.15, 0.2) is 57.8 Å². The number of anilines is 1. The molecule has 0 aliphatic rings. The lowest BCUT2D eigenvalue weighted by atomic mass is 10.2. The molecule has 0 fully saturated rings. The summed E-state index contributed by atoms with van der Waals surface area (Å²) < 4.78 is 31.8. The molecule has 2 N–H and O–H groups in total. The average Bonchev–Trinajstić information content (AvgIpc) is 3.11. The molecular formula is C21H25N3O4S. The van der Waals surface area contributed by atoms with Gasteiger partial charge in [-0.2, -0.15) is 0 Å². The van der Waals surface area contributed by atoms with E-state index < -0.39 is 10.0 Å². The number of aryl methyl sites for hydroxylation is 1. The van der Waals surface area contributed by atoms with Crippen LogP contribution in [-0.4, -0.2) is 39.3 Å². The molecule has 0 aliphatic heterocycles. The number of carbonyl (C=O) groups is 1. The van der Waals surface area contributed by atoms with Crippen molar-refractivity contribution in [2.24, 2.45) is 0 Å². The van der Waals surface area contributed by atoms with Crippen LogP contribution >= 0.6 is 0 Å². The molecule has 0 saturated carbocycles. The summed E-state index contributed by atoms with van der Waals surface area (Å²) >= 11 is 0. The fraction of sp³-hybridized carbons (Fsp3) is 0.286. The van der Waals surface area contributed by atoms with Crippen molar-refractivity contribution in [3.05, 3.63) is 59.9 Å². The van der Waals surface area contributed by atoms with Crippen molar-refractivity contribution in [2.75, 3.05) is 26.0 Å². The van der Waals surface area contributed by atoms with Crippen LogP contribution in [0.2, 0.25) is 0 Å². The number of para-hydroxylation sites is 1. The summed E-state index contributed by atoms with van der Waals surface area (Å²) in [5, 5.41) is 6.84. The zero-order valence-corrected chi connectivity index (χ0v) is 17.7. The van der Waals surface area contributed by atoms with E-state index in [0.29, 0.717) is 17.0 Å². The van der Waals surface area contributed by atoms with Crippen LogP contribution in [0.1, 0.15) is 24.3 Å². The number of nitrogens with one attached hydrogen (secondary N) is 2. The lowest BCUT2D eigenvalue weighted by Gasteiger charge is -2.16. The van der Waals surface area contributed by atoms with Gasteiger partial charge in [-0.3, -0.25) is 4.79 Å². The first kappa shape index (κ1) is 20.9. The van der Waals surface area contributed by atoms with E-state index in [1.54, 1.807) is 25.1 Å². The Morgan fingerprint density at radius 2 is 1.86 bits per heavy atom. The van der Waals surface area contributed by atoms with Gasteiger partial charge in [0.2, 0.25) is 15.9 Å². The fourth-order valence-electron chi connectivity index (χ4n) is 2.95. The number of nitrogens with zero attached hydrogens (tertiary/aromatic N) is 1. The summed E-state index contributed by atoms with van der Waals surface area (Å²) in [6.07, 6.45) is 0. The Balaban J connectivity index is 1.64. The van der Waals surface area contributed by atoms with E-state index in [4.69, 9.17) is 4.42 Å². The standard InChI is InChI=1S/C21H25N3O4S/c1-14-9-10-17(12-20(14)29(26,27)24(3)4)22-13-21(25)23-15(2)19-11-16-7-5-6-8-18(16)28-19/h5-12,15,22H,13H2,1-4H3,(H,23,25). The van der Waals surface area contributed by atoms with Crippen molar-refractivity contribution < 1.29 is 17.6 Å². The van der Waals surface area contributed by atoms with Crippen molar-refractivity contribution >= 4 is 32.6 Å². The first-order valence-corrected chi connectivity index (χ1v) is 10.7. The van der Waals surface area contributed by atoms with Crippen LogP contribution in [0.25, 0.3) is 11.0 Å². The van der Waals surface area contributed by atoms with Crippen molar-refractivity contribution in [1.82, 2.24) is 9.62 Å². The first-order valence-electron chi connectivity index (χ1n) is 9.23. The molecule has 0 saturated heterocycles. The van der Waals surface area contributed by atoms with Crippen molar-refractivity contribution in [3.63, 3.8) is 0 Å². The highest BCUT2D eigenvalue weighted by atomic mass is 32.2. The summed E-state index contributed by atoms with van der Waals surface area (Å²) in [6, 6.07) is 14.3. The minimum absolute atomic E-state index is 0.00901. The van der Waals surface area contributed by atoms with Crippen molar-refractivity contribution in [2.45, 2.75) is 24.8 Å². The van der Waals surface area contributed by atoms with E-state index in [-0.39, 0.29) is 23.4 Å². The number of hydrogen-bond donors (Lipinski definition) is 2. The second kappa shape index (κ2) is 8.26. The maximum absolute atomic E-state index is 12.4. The number of amides is 1. The van der Waals surface area contributed by atoms with E-state index >= 15 is 0 Å². The third-order valence-corrected chi connectivity index (χ3v) is 6.61. The summed E-state index contributed by atoms with van der Waals surface area (Å²) in [7, 11) is -0.580. The van der Waals surface area contributed by atoms with Crippen LogP contribution in [-0.2, 0) is 14.8 Å². The van der Waals surface area contributed by atoms with Crippen molar-refractivity contribution in [1.29, 1.82) is 0 Å². The smallest absolute Gasteiger partial charge is 0.242 e. The SMILES string of the molecule is Cc1ccc(NCC(=O)NC(C)c2cc3ccccc3o2)cc1S(=O)(=O)N(C)C. The summed E-state index contributed by atoms with van der Waals surface area (Å²) in [5.41, 5.74) is 1.98. The predicted octanol–water partition coefficient (Wildman–Crippen LogP) is 3.28. The molecule has 2 aromatic carbocycles. The molecule has 1 aromatic heterocycles. The van der Waals surface area contributed by atoms with Crippen LogP contribution < -0.4 is 10.6 Å². The van der Waals surface area contributed by atoms with Gasteiger partial charge in [0.05, 0.1) is 17.5 Å². The molecule has 154 valence electrons. The van der Waals surface area contributed by atoms with Gasteiger partial charge in [-0.25, -0.2) is 12.7 Å². The van der Waals surface area contributed by atoms with Gasteiger partial charge in [-0.1, -0.05) is 24.3 Å². The molecule has 7 nitrogen and oxygen atoms in total. The Morgan fingerprint density at radius 3 is 2.55 bits per heavy atom. The Bertz CT molecular complexity index is 1100. The lowest BCUT2D eigenvalue weighted by molar-refractivity contribution is -0.120. The number of carbonyl (C=O) groups excluding carboxylic acids is 1. The summed E-state index contributed by atoms with van der Waals surface area (Å²) in [6.45, 7) is 3.60. The van der Waals surface area contributed by atoms with E-state index in [1.165, 1.54) is 18.4 Å². The van der Waals surface area contributed by atoms with Crippen LogP contribution in [0.4, 0.5) is 5.69 Å². The first-order chi connectivity index (χ1) is 13.7. The normalized spacial score (nSPS) is 12.9. The Morgan fingerprint density at radius 1 is 1.14 bits per heavy atom. The van der Waals surface area contributed by atoms with E-state index in [0.717, 1.165) is 11.0 Å². The molecule has 0 aliphatic carbocycles. The minimum Gasteiger partial charge on any atom is -0.459 e. The summed E-state index contributed by atoms with van der Waals surface area (Å²) in [5.74, 6) is 0.449. The third kappa shape index (κ3) is 4.60. The quantitative estimate of drug-likeness (QED) is 0.618. The fourth-order valence-corrected chi connectivity index (χ4v) is 4.09. The highest BCUT2D eigenvalue weighted by molar-refractivity contribution is 7.89. The number of benzene rings is 2. The molecule has 0 radical (unpaired) electrons. The molecule has 0 spiro atoms. The topological polar surface area (TPSA) is 91.6 Å². The van der Waals surface area contributed by atoms with E-state index in [2.05, 4.69) is 10.6 Å². The van der Waals surface area contributed by atoms with Crippen LogP contribution in [0.3, 0.4) is 0 Å². The molecule has 8 heteroatoms. The van der Waals surface area contributed by atoms with Gasteiger partial charge in [0.15, 0.2) is 0 Å². The van der Waals surface area contributed by atoms with Gasteiger partial charge in [0.1, 0.15) is 11.3 Å². The Kier molecular flexibility index (Phi) is 5.95. The molecule has 1 heterocycles. The zero-order valence-electron chi connectivity index (χ0n) is 16.9. The van der Waals surface area contributed by atoms with Gasteiger partial charge >= 0.3 is 0 Å². The van der Waals surface area contributed by atoms with Gasteiger partial charge in [-0.15, -0.1) is 0 Å². The number of furan rings is 1. The minimum atomic E-state index is -3.56. The lowest BCUT2D eigenvalue weighted by Crippen LogP contribution is -2.32. The maximum Gasteiger partial charge on any atom is 0.242 e. The number of hydrogen-bond acceptors (Lipinski definition) is 5. The zero-order chi connectivity index (χ0) is 21.2. The molecule has 1 amide bonds. The van der Waals surface area contributed by atoms with E-state index in [9.17, 15) is 13.2 Å². The highest BCUT2D eigenvalue weighted by Crippen LogP contribution is 2.24. The van der Waals surface area contributed by atoms with Crippen LogP contribution in [0, 0.1) is 6.92 Å². The molecule has 1 atom stereocenters.